The maximum Gasteiger partial charge on any atom is 0.0827 e. The molecule has 3 aliphatic rings. The van der Waals surface area contributed by atoms with Crippen LogP contribution in [0.3, 0.4) is 0 Å². The number of aliphatic hydroxyl groups is 1. The first-order chi connectivity index (χ1) is 8.69. The fourth-order valence-corrected chi connectivity index (χ4v) is 5.03. The van der Waals surface area contributed by atoms with Gasteiger partial charge in [0.05, 0.1) is 11.2 Å². The molecule has 2 unspecified atom stereocenters. The molecule has 2 saturated heterocycles. The van der Waals surface area contributed by atoms with Crippen molar-refractivity contribution in [2.45, 2.75) is 49.7 Å². The van der Waals surface area contributed by atoms with Gasteiger partial charge in [0, 0.05) is 13.2 Å². The van der Waals surface area contributed by atoms with Gasteiger partial charge in [0.25, 0.3) is 0 Å². The average molecular weight is 271 g/mol. The Morgan fingerprint density at radius 2 is 1.94 bits per heavy atom. The zero-order valence-electron chi connectivity index (χ0n) is 11.1. The van der Waals surface area contributed by atoms with Crippen molar-refractivity contribution in [1.29, 1.82) is 0 Å². The number of ether oxygens (including phenoxy) is 1. The molecule has 1 saturated carbocycles. The summed E-state index contributed by atoms with van der Waals surface area (Å²) in [5.41, 5.74) is 5.35. The summed E-state index contributed by atoms with van der Waals surface area (Å²) in [4.78, 5) is 0. The third-order valence-corrected chi connectivity index (χ3v) is 6.20. The van der Waals surface area contributed by atoms with Crippen molar-refractivity contribution in [2.24, 2.45) is 17.6 Å². The van der Waals surface area contributed by atoms with E-state index in [-0.39, 0.29) is 5.60 Å². The smallest absolute Gasteiger partial charge is 0.0827 e. The van der Waals surface area contributed by atoms with Crippen molar-refractivity contribution in [2.75, 3.05) is 24.7 Å². The molecule has 2 heterocycles. The van der Waals surface area contributed by atoms with E-state index in [4.69, 9.17) is 10.5 Å². The summed E-state index contributed by atoms with van der Waals surface area (Å²) in [6, 6.07) is 0. The topological polar surface area (TPSA) is 55.5 Å². The lowest BCUT2D eigenvalue weighted by Gasteiger charge is -2.48. The molecule has 3 nitrogen and oxygen atoms in total. The van der Waals surface area contributed by atoms with Gasteiger partial charge >= 0.3 is 0 Å². The van der Waals surface area contributed by atoms with Crippen molar-refractivity contribution in [1.82, 2.24) is 0 Å². The predicted molar refractivity (Wildman–Crippen MR) is 74.7 cm³/mol. The Labute approximate surface area is 114 Å². The molecule has 0 bridgehead atoms. The van der Waals surface area contributed by atoms with Crippen molar-refractivity contribution in [3.05, 3.63) is 0 Å². The molecule has 4 heteroatoms. The first kappa shape index (κ1) is 13.2. The Hall–Kier alpha value is 0.230. The second-order valence-electron chi connectivity index (χ2n) is 6.30. The number of hydrogen-bond acceptors (Lipinski definition) is 4. The Kier molecular flexibility index (Phi) is 3.65. The number of hydrogen-bond donors (Lipinski definition) is 2. The van der Waals surface area contributed by atoms with E-state index in [9.17, 15) is 5.11 Å². The van der Waals surface area contributed by atoms with Crippen LogP contribution in [0.25, 0.3) is 0 Å². The number of rotatable bonds is 3. The first-order valence-electron chi connectivity index (χ1n) is 7.33. The monoisotopic (exact) mass is 271 g/mol. The summed E-state index contributed by atoms with van der Waals surface area (Å²) in [6.07, 6.45) is 6.64. The maximum absolute atomic E-state index is 10.9. The fraction of sp³-hybridized carbons (Fsp3) is 1.00. The molecule has 0 aromatic heterocycles. The van der Waals surface area contributed by atoms with Crippen molar-refractivity contribution < 1.29 is 9.84 Å². The van der Waals surface area contributed by atoms with Crippen LogP contribution >= 0.6 is 11.8 Å². The molecule has 18 heavy (non-hydrogen) atoms. The highest BCUT2D eigenvalue weighted by Crippen LogP contribution is 2.50. The largest absolute Gasteiger partial charge is 0.388 e. The lowest BCUT2D eigenvalue weighted by Crippen LogP contribution is -2.54. The van der Waals surface area contributed by atoms with Crippen LogP contribution in [0.2, 0.25) is 0 Å². The molecule has 3 N–H and O–H groups in total. The van der Waals surface area contributed by atoms with Gasteiger partial charge in [0.2, 0.25) is 0 Å². The molecular weight excluding hydrogens is 246 g/mol. The lowest BCUT2D eigenvalue weighted by atomic mass is 9.71. The van der Waals surface area contributed by atoms with Crippen molar-refractivity contribution in [3.63, 3.8) is 0 Å². The second kappa shape index (κ2) is 4.97. The minimum Gasteiger partial charge on any atom is -0.388 e. The standard InChI is InChI=1S/C14H25NO2S/c15-10-14(16,11-1-2-11)12-3-6-17-13(9-12)4-7-18-8-5-13/h11-12,16H,1-10,15H2. The third-order valence-electron chi connectivity index (χ3n) is 5.22. The molecule has 1 spiro atoms. The van der Waals surface area contributed by atoms with E-state index in [1.54, 1.807) is 0 Å². The highest BCUT2D eigenvalue weighted by atomic mass is 32.2. The quantitative estimate of drug-likeness (QED) is 0.821. The lowest BCUT2D eigenvalue weighted by molar-refractivity contribution is -0.149. The zero-order chi connectivity index (χ0) is 12.6. The second-order valence-corrected chi connectivity index (χ2v) is 7.53. The van der Waals surface area contributed by atoms with E-state index in [1.165, 1.54) is 11.5 Å². The van der Waals surface area contributed by atoms with Gasteiger partial charge in [-0.25, -0.2) is 0 Å². The van der Waals surface area contributed by atoms with Crippen LogP contribution < -0.4 is 5.73 Å². The van der Waals surface area contributed by atoms with Gasteiger partial charge in [-0.1, -0.05) is 0 Å². The molecule has 2 atom stereocenters. The summed E-state index contributed by atoms with van der Waals surface area (Å²) in [6.45, 7) is 1.23. The van der Waals surface area contributed by atoms with Crippen LogP contribution in [-0.4, -0.2) is 41.0 Å². The molecule has 0 aromatic carbocycles. The molecule has 0 aromatic rings. The third kappa shape index (κ3) is 2.33. The van der Waals surface area contributed by atoms with Gasteiger partial charge in [-0.2, -0.15) is 11.8 Å². The van der Waals surface area contributed by atoms with E-state index < -0.39 is 5.60 Å². The normalized spacial score (nSPS) is 35.3. The van der Waals surface area contributed by atoms with Gasteiger partial charge in [0.1, 0.15) is 0 Å². The minimum absolute atomic E-state index is 0.0617. The SMILES string of the molecule is NCC(O)(C1CC1)C1CCOC2(CCSCC2)C1. The van der Waals surface area contributed by atoms with Gasteiger partial charge in [-0.15, -0.1) is 0 Å². The van der Waals surface area contributed by atoms with Crippen LogP contribution in [-0.2, 0) is 4.74 Å². The Bertz CT molecular complexity index is 297. The summed E-state index contributed by atoms with van der Waals surface area (Å²) in [5, 5.41) is 10.9. The molecule has 0 amide bonds. The molecular formula is C14H25NO2S. The Morgan fingerprint density at radius 1 is 1.22 bits per heavy atom. The summed E-state index contributed by atoms with van der Waals surface area (Å²) < 4.78 is 6.11. The number of nitrogens with two attached hydrogens (primary N) is 1. The van der Waals surface area contributed by atoms with Gasteiger partial charge in [-0.3, -0.25) is 0 Å². The fourth-order valence-electron chi connectivity index (χ4n) is 3.80. The van der Waals surface area contributed by atoms with E-state index in [2.05, 4.69) is 0 Å². The highest BCUT2D eigenvalue weighted by Gasteiger charge is 2.52. The molecule has 2 aliphatic heterocycles. The van der Waals surface area contributed by atoms with E-state index in [0.717, 1.165) is 45.1 Å². The van der Waals surface area contributed by atoms with Crippen LogP contribution in [0, 0.1) is 11.8 Å². The summed E-state index contributed by atoms with van der Waals surface area (Å²) >= 11 is 2.03. The van der Waals surface area contributed by atoms with Gasteiger partial charge < -0.3 is 15.6 Å². The van der Waals surface area contributed by atoms with Gasteiger partial charge in [0.15, 0.2) is 0 Å². The minimum atomic E-state index is -0.610. The summed E-state index contributed by atoms with van der Waals surface area (Å²) in [7, 11) is 0. The maximum atomic E-state index is 10.9. The molecule has 0 radical (unpaired) electrons. The number of thioether (sulfide) groups is 1. The van der Waals surface area contributed by atoms with Crippen LogP contribution in [0.5, 0.6) is 0 Å². The van der Waals surface area contributed by atoms with Crippen molar-refractivity contribution >= 4 is 11.8 Å². The van der Waals surface area contributed by atoms with E-state index in [0.29, 0.717) is 18.4 Å². The van der Waals surface area contributed by atoms with Crippen LogP contribution in [0.15, 0.2) is 0 Å². The first-order valence-corrected chi connectivity index (χ1v) is 8.48. The molecule has 3 rings (SSSR count). The van der Waals surface area contributed by atoms with Gasteiger partial charge in [-0.05, 0) is 61.9 Å². The highest BCUT2D eigenvalue weighted by molar-refractivity contribution is 7.99. The van der Waals surface area contributed by atoms with Crippen LogP contribution in [0.4, 0.5) is 0 Å². The Morgan fingerprint density at radius 3 is 2.56 bits per heavy atom. The van der Waals surface area contributed by atoms with Crippen LogP contribution in [0.1, 0.15) is 38.5 Å². The molecule has 3 fully saturated rings. The van der Waals surface area contributed by atoms with Crippen molar-refractivity contribution in [3.8, 4) is 0 Å². The Balaban J connectivity index is 1.72. The summed E-state index contributed by atoms with van der Waals surface area (Å²) in [5.74, 6) is 3.22. The zero-order valence-corrected chi connectivity index (χ0v) is 11.9. The predicted octanol–water partition coefficient (Wildman–Crippen LogP) is 1.78. The average Bonchev–Trinajstić information content (AvgIpc) is 3.23. The molecule has 1 aliphatic carbocycles. The van der Waals surface area contributed by atoms with E-state index in [1.807, 2.05) is 11.8 Å². The molecule has 104 valence electrons. The van der Waals surface area contributed by atoms with E-state index >= 15 is 0 Å².